The van der Waals surface area contributed by atoms with Crippen molar-refractivity contribution in [3.8, 4) is 0 Å². The molecular weight excluding hydrogens is 218 g/mol. The topological polar surface area (TPSA) is 3.24 Å². The van der Waals surface area contributed by atoms with Gasteiger partial charge in [-0.05, 0) is 31.3 Å². The molecule has 0 radical (unpaired) electrons. The van der Waals surface area contributed by atoms with Gasteiger partial charge in [-0.2, -0.15) is 0 Å². The van der Waals surface area contributed by atoms with Crippen molar-refractivity contribution in [3.05, 3.63) is 0 Å². The van der Waals surface area contributed by atoms with Gasteiger partial charge in [0, 0.05) is 6.54 Å². The molecular formula is C17H35N. The molecule has 1 fully saturated rings. The molecule has 0 aromatic rings. The van der Waals surface area contributed by atoms with Crippen LogP contribution in [0.4, 0.5) is 0 Å². The third kappa shape index (κ3) is 8.97. The van der Waals surface area contributed by atoms with E-state index in [-0.39, 0.29) is 0 Å². The van der Waals surface area contributed by atoms with Gasteiger partial charge in [-0.15, -0.1) is 0 Å². The maximum Gasteiger partial charge on any atom is 0.00300 e. The van der Waals surface area contributed by atoms with E-state index in [9.17, 15) is 0 Å². The molecule has 0 bridgehead atoms. The first-order valence-electron chi connectivity index (χ1n) is 8.30. The highest BCUT2D eigenvalue weighted by molar-refractivity contribution is 4.69. The molecule has 1 rings (SSSR count). The third-order valence-electron chi connectivity index (χ3n) is 3.90. The first-order chi connectivity index (χ1) is 8.58. The van der Waals surface area contributed by atoms with Crippen LogP contribution in [-0.4, -0.2) is 24.5 Å². The van der Waals surface area contributed by atoms with Gasteiger partial charge in [0.15, 0.2) is 0 Å². The fourth-order valence-corrected chi connectivity index (χ4v) is 3.03. The molecule has 0 aromatic carbocycles. The summed E-state index contributed by atoms with van der Waals surface area (Å²) < 4.78 is 0. The van der Waals surface area contributed by atoms with Crippen LogP contribution in [0.15, 0.2) is 0 Å². The Morgan fingerprint density at radius 2 is 0.944 bits per heavy atom. The molecule has 1 aliphatic rings. The van der Waals surface area contributed by atoms with E-state index in [1.54, 1.807) is 0 Å². The SMILES string of the molecule is CC(C)(C)CN1CCCCCCCCCCCC1. The van der Waals surface area contributed by atoms with Gasteiger partial charge in [0.2, 0.25) is 0 Å². The second-order valence-corrected chi connectivity index (χ2v) is 7.37. The minimum absolute atomic E-state index is 0.452. The van der Waals surface area contributed by atoms with Crippen LogP contribution < -0.4 is 0 Å². The summed E-state index contributed by atoms with van der Waals surface area (Å²) in [6.07, 6.45) is 14.5. The Balaban J connectivity index is 2.33. The van der Waals surface area contributed by atoms with Crippen molar-refractivity contribution in [3.63, 3.8) is 0 Å². The van der Waals surface area contributed by atoms with E-state index in [1.807, 2.05) is 0 Å². The molecule has 108 valence electrons. The fourth-order valence-electron chi connectivity index (χ4n) is 3.03. The highest BCUT2D eigenvalue weighted by atomic mass is 15.1. The summed E-state index contributed by atoms with van der Waals surface area (Å²) >= 11 is 0. The predicted molar refractivity (Wildman–Crippen MR) is 82.1 cm³/mol. The standard InChI is InChI=1S/C17H35N/c1-17(2,3)16-18-14-12-10-8-6-4-5-7-9-11-13-15-18/h4-16H2,1-3H3. The lowest BCUT2D eigenvalue weighted by molar-refractivity contribution is 0.184. The monoisotopic (exact) mass is 253 g/mol. The summed E-state index contributed by atoms with van der Waals surface area (Å²) in [5.74, 6) is 0. The van der Waals surface area contributed by atoms with Gasteiger partial charge >= 0.3 is 0 Å². The third-order valence-corrected chi connectivity index (χ3v) is 3.90. The first kappa shape index (κ1) is 16.0. The van der Waals surface area contributed by atoms with E-state index in [0.717, 1.165) is 0 Å². The molecule has 0 unspecified atom stereocenters. The molecule has 0 aromatic heterocycles. The summed E-state index contributed by atoms with van der Waals surface area (Å²) in [6, 6.07) is 0. The highest BCUT2D eigenvalue weighted by Crippen LogP contribution is 2.18. The molecule has 18 heavy (non-hydrogen) atoms. The molecule has 1 aliphatic heterocycles. The van der Waals surface area contributed by atoms with Crippen LogP contribution in [0.2, 0.25) is 0 Å². The van der Waals surface area contributed by atoms with Gasteiger partial charge in [0.1, 0.15) is 0 Å². The smallest absolute Gasteiger partial charge is 0.00300 e. The second kappa shape index (κ2) is 8.96. The minimum atomic E-state index is 0.452. The molecule has 1 heterocycles. The van der Waals surface area contributed by atoms with Crippen LogP contribution in [0.1, 0.15) is 85.0 Å². The molecule has 0 atom stereocenters. The first-order valence-corrected chi connectivity index (χ1v) is 8.30. The molecule has 0 spiro atoms. The van der Waals surface area contributed by atoms with Gasteiger partial charge in [0.05, 0.1) is 0 Å². The summed E-state index contributed by atoms with van der Waals surface area (Å²) in [6.45, 7) is 11.0. The number of nitrogens with zero attached hydrogens (tertiary/aromatic N) is 1. The van der Waals surface area contributed by atoms with Crippen molar-refractivity contribution in [2.75, 3.05) is 19.6 Å². The number of hydrogen-bond donors (Lipinski definition) is 0. The van der Waals surface area contributed by atoms with E-state index >= 15 is 0 Å². The highest BCUT2D eigenvalue weighted by Gasteiger charge is 2.15. The average molecular weight is 253 g/mol. The zero-order chi connectivity index (χ0) is 13.3. The van der Waals surface area contributed by atoms with E-state index in [1.165, 1.54) is 83.8 Å². The fraction of sp³-hybridized carbons (Fsp3) is 1.00. The molecule has 0 saturated carbocycles. The molecule has 1 saturated heterocycles. The largest absolute Gasteiger partial charge is 0.303 e. The van der Waals surface area contributed by atoms with Crippen molar-refractivity contribution in [2.45, 2.75) is 85.0 Å². The van der Waals surface area contributed by atoms with E-state index < -0.39 is 0 Å². The Morgan fingerprint density at radius 1 is 0.611 bits per heavy atom. The van der Waals surface area contributed by atoms with Gasteiger partial charge in [-0.1, -0.05) is 72.1 Å². The summed E-state index contributed by atoms with van der Waals surface area (Å²) in [5, 5.41) is 0. The van der Waals surface area contributed by atoms with Gasteiger partial charge in [-0.3, -0.25) is 0 Å². The van der Waals surface area contributed by atoms with Crippen LogP contribution in [0.3, 0.4) is 0 Å². The molecule has 1 heteroatoms. The van der Waals surface area contributed by atoms with Crippen molar-refractivity contribution in [1.82, 2.24) is 4.90 Å². The second-order valence-electron chi connectivity index (χ2n) is 7.37. The van der Waals surface area contributed by atoms with Gasteiger partial charge in [0.25, 0.3) is 0 Å². The summed E-state index contributed by atoms with van der Waals surface area (Å²) in [4.78, 5) is 2.72. The molecule has 0 aliphatic carbocycles. The van der Waals surface area contributed by atoms with Crippen LogP contribution in [0, 0.1) is 5.41 Å². The Bertz CT molecular complexity index is 178. The van der Waals surface area contributed by atoms with E-state index in [2.05, 4.69) is 25.7 Å². The normalized spacial score (nSPS) is 22.8. The maximum absolute atomic E-state index is 2.72. The van der Waals surface area contributed by atoms with Gasteiger partial charge < -0.3 is 4.90 Å². The molecule has 0 amide bonds. The zero-order valence-electron chi connectivity index (χ0n) is 13.1. The summed E-state index contributed by atoms with van der Waals surface area (Å²) in [7, 11) is 0. The van der Waals surface area contributed by atoms with E-state index in [4.69, 9.17) is 0 Å². The quantitative estimate of drug-likeness (QED) is 0.617. The Kier molecular flexibility index (Phi) is 7.97. The lowest BCUT2D eigenvalue weighted by atomic mass is 9.95. The minimum Gasteiger partial charge on any atom is -0.303 e. The van der Waals surface area contributed by atoms with Crippen molar-refractivity contribution in [1.29, 1.82) is 0 Å². The lowest BCUT2D eigenvalue weighted by Crippen LogP contribution is -2.34. The molecule has 0 N–H and O–H groups in total. The Labute approximate surface area is 115 Å². The van der Waals surface area contributed by atoms with Crippen molar-refractivity contribution in [2.24, 2.45) is 5.41 Å². The van der Waals surface area contributed by atoms with Crippen LogP contribution >= 0.6 is 0 Å². The average Bonchev–Trinajstić information content (AvgIpc) is 2.29. The lowest BCUT2D eigenvalue weighted by Gasteiger charge is -2.30. The van der Waals surface area contributed by atoms with Crippen molar-refractivity contribution < 1.29 is 0 Å². The zero-order valence-corrected chi connectivity index (χ0v) is 13.1. The number of rotatable bonds is 1. The predicted octanol–water partition coefficient (Wildman–Crippen LogP) is 5.25. The van der Waals surface area contributed by atoms with Gasteiger partial charge in [-0.25, -0.2) is 0 Å². The van der Waals surface area contributed by atoms with Crippen LogP contribution in [-0.2, 0) is 0 Å². The van der Waals surface area contributed by atoms with E-state index in [0.29, 0.717) is 5.41 Å². The van der Waals surface area contributed by atoms with Crippen LogP contribution in [0.5, 0.6) is 0 Å². The van der Waals surface area contributed by atoms with Crippen molar-refractivity contribution >= 4 is 0 Å². The number of hydrogen-bond acceptors (Lipinski definition) is 1. The maximum atomic E-state index is 2.72. The van der Waals surface area contributed by atoms with Crippen LogP contribution in [0.25, 0.3) is 0 Å². The Morgan fingerprint density at radius 3 is 1.28 bits per heavy atom. The molecule has 1 nitrogen and oxygen atoms in total. The summed E-state index contributed by atoms with van der Waals surface area (Å²) in [5.41, 5.74) is 0.452. The Hall–Kier alpha value is -0.0400.